The molecule has 1 heterocycles. The summed E-state index contributed by atoms with van der Waals surface area (Å²) in [5.74, 6) is 0. The van der Waals surface area contributed by atoms with Crippen molar-refractivity contribution in [3.05, 3.63) is 29.3 Å². The lowest BCUT2D eigenvalue weighted by atomic mass is 10.1. The van der Waals surface area contributed by atoms with Gasteiger partial charge in [-0.25, -0.2) is 0 Å². The molecular formula is C14H18N2. The molecule has 0 N–H and O–H groups in total. The molecule has 2 rings (SSSR count). The van der Waals surface area contributed by atoms with Crippen LogP contribution in [0.5, 0.6) is 0 Å². The van der Waals surface area contributed by atoms with Crippen LogP contribution in [0.3, 0.4) is 0 Å². The van der Waals surface area contributed by atoms with E-state index in [1.54, 1.807) is 0 Å². The Kier molecular flexibility index (Phi) is 3.46. The maximum atomic E-state index is 9.13. The number of aryl methyl sites for hydroxylation is 1. The first-order valence-corrected chi connectivity index (χ1v) is 6.07. The molecule has 16 heavy (non-hydrogen) atoms. The first-order chi connectivity index (χ1) is 7.81. The van der Waals surface area contributed by atoms with Crippen LogP contribution in [-0.2, 0) is 0 Å². The molecule has 2 nitrogen and oxygen atoms in total. The van der Waals surface area contributed by atoms with Gasteiger partial charge in [0.15, 0.2) is 0 Å². The molecule has 1 aromatic carbocycles. The summed E-state index contributed by atoms with van der Waals surface area (Å²) >= 11 is 0. The number of rotatable bonds is 1. The Morgan fingerprint density at radius 2 is 1.81 bits per heavy atom. The van der Waals surface area contributed by atoms with Gasteiger partial charge < -0.3 is 4.90 Å². The number of hydrogen-bond acceptors (Lipinski definition) is 2. The van der Waals surface area contributed by atoms with Crippen molar-refractivity contribution in [1.29, 1.82) is 5.26 Å². The lowest BCUT2D eigenvalue weighted by molar-refractivity contribution is 0.726. The van der Waals surface area contributed by atoms with Crippen molar-refractivity contribution in [3.63, 3.8) is 0 Å². The highest BCUT2D eigenvalue weighted by atomic mass is 15.1. The average molecular weight is 214 g/mol. The third-order valence-electron chi connectivity index (χ3n) is 3.22. The van der Waals surface area contributed by atoms with Crippen molar-refractivity contribution >= 4 is 5.69 Å². The molecule has 1 aromatic rings. The summed E-state index contributed by atoms with van der Waals surface area (Å²) in [7, 11) is 0. The Hall–Kier alpha value is -1.49. The molecule has 0 radical (unpaired) electrons. The summed E-state index contributed by atoms with van der Waals surface area (Å²) in [6, 6.07) is 8.40. The van der Waals surface area contributed by atoms with Gasteiger partial charge in [0.05, 0.1) is 11.3 Å². The molecule has 1 aliphatic rings. The third-order valence-corrected chi connectivity index (χ3v) is 3.22. The highest BCUT2D eigenvalue weighted by Crippen LogP contribution is 2.24. The fourth-order valence-electron chi connectivity index (χ4n) is 2.31. The largest absolute Gasteiger partial charge is 0.370 e. The lowest BCUT2D eigenvalue weighted by Gasteiger charge is -2.24. The Morgan fingerprint density at radius 3 is 2.44 bits per heavy atom. The standard InChI is InChI=1S/C14H18N2/c1-12-6-7-13(11-15)14(10-12)16-8-4-2-3-5-9-16/h6-7,10H,2-5,8-9H2,1H3. The second-order valence-corrected chi connectivity index (χ2v) is 4.53. The Bertz CT molecular complexity index is 396. The van der Waals surface area contributed by atoms with E-state index in [-0.39, 0.29) is 0 Å². The van der Waals surface area contributed by atoms with Crippen LogP contribution in [0.25, 0.3) is 0 Å². The van der Waals surface area contributed by atoms with Crippen LogP contribution in [0.1, 0.15) is 36.8 Å². The Morgan fingerprint density at radius 1 is 1.12 bits per heavy atom. The Labute approximate surface area is 97.5 Å². The summed E-state index contributed by atoms with van der Waals surface area (Å²) in [5.41, 5.74) is 3.18. The molecule has 0 atom stereocenters. The topological polar surface area (TPSA) is 27.0 Å². The minimum Gasteiger partial charge on any atom is -0.370 e. The van der Waals surface area contributed by atoms with Gasteiger partial charge in [-0.2, -0.15) is 5.26 Å². The molecule has 1 fully saturated rings. The number of anilines is 1. The summed E-state index contributed by atoms with van der Waals surface area (Å²) in [5, 5.41) is 9.13. The van der Waals surface area contributed by atoms with Crippen molar-refractivity contribution in [1.82, 2.24) is 0 Å². The number of nitrogens with zero attached hydrogens (tertiary/aromatic N) is 2. The Balaban J connectivity index is 2.30. The predicted octanol–water partition coefficient (Wildman–Crippen LogP) is 3.25. The van der Waals surface area contributed by atoms with E-state index in [4.69, 9.17) is 5.26 Å². The molecule has 0 spiro atoms. The van der Waals surface area contributed by atoms with Gasteiger partial charge in [-0.05, 0) is 37.5 Å². The molecule has 0 bridgehead atoms. The fourth-order valence-corrected chi connectivity index (χ4v) is 2.31. The van der Waals surface area contributed by atoms with Crippen molar-refractivity contribution < 1.29 is 0 Å². The van der Waals surface area contributed by atoms with E-state index in [1.807, 2.05) is 12.1 Å². The van der Waals surface area contributed by atoms with Crippen LogP contribution in [0.4, 0.5) is 5.69 Å². The van der Waals surface area contributed by atoms with Gasteiger partial charge in [0, 0.05) is 13.1 Å². The molecule has 1 aliphatic heterocycles. The number of hydrogen-bond donors (Lipinski definition) is 0. The second-order valence-electron chi connectivity index (χ2n) is 4.53. The van der Waals surface area contributed by atoms with Gasteiger partial charge in [0.25, 0.3) is 0 Å². The zero-order chi connectivity index (χ0) is 11.4. The molecule has 0 amide bonds. The quantitative estimate of drug-likeness (QED) is 0.717. The maximum absolute atomic E-state index is 9.13. The maximum Gasteiger partial charge on any atom is 0.101 e. The SMILES string of the molecule is Cc1ccc(C#N)c(N2CCCCCC2)c1. The summed E-state index contributed by atoms with van der Waals surface area (Å²) < 4.78 is 0. The minimum atomic E-state index is 0.813. The first kappa shape index (κ1) is 11.0. The van der Waals surface area contributed by atoms with Crippen molar-refractivity contribution in [2.24, 2.45) is 0 Å². The minimum absolute atomic E-state index is 0.813. The van der Waals surface area contributed by atoms with Gasteiger partial charge >= 0.3 is 0 Å². The molecule has 0 aromatic heterocycles. The van der Waals surface area contributed by atoms with E-state index in [1.165, 1.54) is 31.2 Å². The van der Waals surface area contributed by atoms with Gasteiger partial charge in [-0.15, -0.1) is 0 Å². The van der Waals surface area contributed by atoms with Crippen molar-refractivity contribution in [3.8, 4) is 6.07 Å². The molecule has 84 valence electrons. The monoisotopic (exact) mass is 214 g/mol. The molecule has 0 saturated carbocycles. The summed E-state index contributed by atoms with van der Waals surface area (Å²) in [6.07, 6.45) is 5.14. The zero-order valence-electron chi connectivity index (χ0n) is 9.87. The predicted molar refractivity (Wildman–Crippen MR) is 66.6 cm³/mol. The molecule has 0 unspecified atom stereocenters. The van der Waals surface area contributed by atoms with E-state index < -0.39 is 0 Å². The lowest BCUT2D eigenvalue weighted by Crippen LogP contribution is -2.24. The van der Waals surface area contributed by atoms with Gasteiger partial charge in [0.2, 0.25) is 0 Å². The smallest absolute Gasteiger partial charge is 0.101 e. The first-order valence-electron chi connectivity index (χ1n) is 6.07. The van der Waals surface area contributed by atoms with E-state index in [2.05, 4.69) is 24.0 Å². The fraction of sp³-hybridized carbons (Fsp3) is 0.500. The molecule has 2 heteroatoms. The highest BCUT2D eigenvalue weighted by molar-refractivity contribution is 5.60. The van der Waals surface area contributed by atoms with Crippen LogP contribution in [0, 0.1) is 18.3 Å². The second kappa shape index (κ2) is 5.03. The van der Waals surface area contributed by atoms with Crippen LogP contribution in [0.2, 0.25) is 0 Å². The highest BCUT2D eigenvalue weighted by Gasteiger charge is 2.13. The van der Waals surface area contributed by atoms with Gasteiger partial charge in [-0.1, -0.05) is 18.9 Å². The van der Waals surface area contributed by atoms with Crippen LogP contribution in [-0.4, -0.2) is 13.1 Å². The van der Waals surface area contributed by atoms with E-state index in [9.17, 15) is 0 Å². The van der Waals surface area contributed by atoms with Crippen molar-refractivity contribution in [2.45, 2.75) is 32.6 Å². The van der Waals surface area contributed by atoms with E-state index in [0.717, 1.165) is 24.3 Å². The van der Waals surface area contributed by atoms with Crippen molar-refractivity contribution in [2.75, 3.05) is 18.0 Å². The van der Waals surface area contributed by atoms with E-state index >= 15 is 0 Å². The molecular weight excluding hydrogens is 196 g/mol. The zero-order valence-corrected chi connectivity index (χ0v) is 9.87. The van der Waals surface area contributed by atoms with Crippen LogP contribution in [0.15, 0.2) is 18.2 Å². The summed E-state index contributed by atoms with van der Waals surface area (Å²) in [6.45, 7) is 4.28. The van der Waals surface area contributed by atoms with E-state index in [0.29, 0.717) is 0 Å². The van der Waals surface area contributed by atoms with Crippen LogP contribution < -0.4 is 4.90 Å². The normalized spacial score (nSPS) is 16.6. The number of benzene rings is 1. The van der Waals surface area contributed by atoms with Gasteiger partial charge in [0.1, 0.15) is 6.07 Å². The number of nitriles is 1. The third kappa shape index (κ3) is 2.36. The van der Waals surface area contributed by atoms with Crippen LogP contribution >= 0.6 is 0 Å². The summed E-state index contributed by atoms with van der Waals surface area (Å²) in [4.78, 5) is 2.37. The molecule has 1 saturated heterocycles. The molecule has 0 aliphatic carbocycles. The average Bonchev–Trinajstić information content (AvgIpc) is 2.57. The van der Waals surface area contributed by atoms with Gasteiger partial charge in [-0.3, -0.25) is 0 Å².